The van der Waals surface area contributed by atoms with Crippen LogP contribution in [0.5, 0.6) is 0 Å². The molecule has 17 heavy (non-hydrogen) atoms. The summed E-state index contributed by atoms with van der Waals surface area (Å²) >= 11 is 0. The average Bonchev–Trinajstić information content (AvgIpc) is 2.27. The van der Waals surface area contributed by atoms with E-state index in [4.69, 9.17) is 4.84 Å². The Bertz CT molecular complexity index is 433. The van der Waals surface area contributed by atoms with Crippen LogP contribution in [-0.2, 0) is 9.40 Å². The van der Waals surface area contributed by atoms with E-state index in [1.165, 1.54) is 0 Å². The summed E-state index contributed by atoms with van der Waals surface area (Å²) in [7, 11) is -0.153. The van der Waals surface area contributed by atoms with Crippen molar-refractivity contribution in [2.75, 3.05) is 6.54 Å². The molecule has 0 aromatic heterocycles. The van der Waals surface area contributed by atoms with Crippen molar-refractivity contribution >= 4 is 7.92 Å². The fraction of sp³-hybridized carbons (Fsp3) is 0.462. The second-order valence-electron chi connectivity index (χ2n) is 5.01. The summed E-state index contributed by atoms with van der Waals surface area (Å²) in [5.41, 5.74) is 6.68. The Morgan fingerprint density at radius 2 is 2.00 bits per heavy atom. The van der Waals surface area contributed by atoms with E-state index >= 15 is 0 Å². The number of nitrogens with one attached hydrogen (secondary N) is 1. The number of hydrogen-bond donors (Lipinski definition) is 1. The van der Waals surface area contributed by atoms with Crippen LogP contribution >= 0.6 is 7.92 Å². The Kier molecular flexibility index (Phi) is 5.67. The molecular weight excluding hydrogens is 233 g/mol. The van der Waals surface area contributed by atoms with E-state index in [9.17, 15) is 4.57 Å². The summed E-state index contributed by atoms with van der Waals surface area (Å²) in [5, 5.41) is 0. The molecule has 1 rings (SSSR count). The number of hydrogen-bond acceptors (Lipinski definition) is 3. The molecule has 0 fully saturated rings. The summed E-state index contributed by atoms with van der Waals surface area (Å²) in [6.45, 7) is 7.05. The van der Waals surface area contributed by atoms with E-state index in [0.29, 0.717) is 6.54 Å². The molecule has 0 heterocycles. The Hall–Kier alpha value is -0.850. The third-order valence-corrected chi connectivity index (χ3v) is 2.42. The minimum atomic E-state index is -0.419. The van der Waals surface area contributed by atoms with Crippen molar-refractivity contribution in [3.63, 3.8) is 0 Å². The summed E-state index contributed by atoms with van der Waals surface area (Å²) in [6, 6.07) is 9.60. The Morgan fingerprint density at radius 3 is 2.53 bits per heavy atom. The first-order chi connectivity index (χ1) is 8.03. The molecule has 0 radical (unpaired) electrons. The van der Waals surface area contributed by atoms with Gasteiger partial charge in [-0.2, -0.15) is 0 Å². The fourth-order valence-electron chi connectivity index (χ4n) is 1.19. The molecule has 1 unspecified atom stereocenters. The van der Waals surface area contributed by atoms with Gasteiger partial charge in [0.05, 0.1) is 0 Å². The SMILES string of the molecule is CC(C)(C)CNOC(C#P=O)c1ccccc1. The number of rotatable bonds is 4. The second kappa shape index (κ2) is 6.78. The standard InChI is InChI=1S/C13H18NO2P/c1-13(2,3)10-14-16-12(9-17-15)11-7-5-4-6-8-11/h4-8,12,14H,10H2,1-3H3. The van der Waals surface area contributed by atoms with Crippen molar-refractivity contribution in [1.29, 1.82) is 0 Å². The molecule has 0 bridgehead atoms. The van der Waals surface area contributed by atoms with Gasteiger partial charge in [-0.05, 0) is 0 Å². The van der Waals surface area contributed by atoms with Gasteiger partial charge in [-0.3, -0.25) is 0 Å². The van der Waals surface area contributed by atoms with E-state index in [1.54, 1.807) is 0 Å². The van der Waals surface area contributed by atoms with Gasteiger partial charge >= 0.3 is 103 Å². The molecule has 0 spiro atoms. The first-order valence-electron chi connectivity index (χ1n) is 5.54. The molecule has 0 aliphatic heterocycles. The summed E-state index contributed by atoms with van der Waals surface area (Å²) in [6.07, 6.45) is -0.419. The third-order valence-electron chi connectivity index (χ3n) is 2.08. The van der Waals surface area contributed by atoms with Crippen molar-refractivity contribution in [1.82, 2.24) is 5.48 Å². The number of benzene rings is 1. The Balaban J connectivity index is 2.62. The third kappa shape index (κ3) is 5.86. The van der Waals surface area contributed by atoms with Gasteiger partial charge in [-0.1, -0.05) is 0 Å². The molecule has 4 heteroatoms. The van der Waals surface area contributed by atoms with Crippen LogP contribution in [0.1, 0.15) is 32.4 Å². The van der Waals surface area contributed by atoms with Crippen LogP contribution in [0, 0.1) is 11.0 Å². The van der Waals surface area contributed by atoms with Gasteiger partial charge in [0.2, 0.25) is 0 Å². The molecule has 92 valence electrons. The summed E-state index contributed by atoms with van der Waals surface area (Å²) in [5.74, 6) is 0. The quantitative estimate of drug-likeness (QED) is 0.657. The van der Waals surface area contributed by atoms with Gasteiger partial charge in [0.1, 0.15) is 0 Å². The van der Waals surface area contributed by atoms with Gasteiger partial charge in [0.15, 0.2) is 0 Å². The van der Waals surface area contributed by atoms with Crippen LogP contribution in [0.3, 0.4) is 0 Å². The zero-order chi connectivity index (χ0) is 12.7. The zero-order valence-electron chi connectivity index (χ0n) is 10.4. The van der Waals surface area contributed by atoms with Crippen molar-refractivity contribution in [2.24, 2.45) is 5.41 Å². The molecule has 1 aromatic rings. The van der Waals surface area contributed by atoms with Gasteiger partial charge in [-0.25, -0.2) is 0 Å². The molecule has 1 atom stereocenters. The Labute approximate surface area is 104 Å². The van der Waals surface area contributed by atoms with Gasteiger partial charge in [-0.15, -0.1) is 0 Å². The topological polar surface area (TPSA) is 38.3 Å². The normalized spacial score (nSPS) is 12.9. The van der Waals surface area contributed by atoms with Gasteiger partial charge in [0.25, 0.3) is 0 Å². The van der Waals surface area contributed by atoms with Crippen molar-refractivity contribution < 1.29 is 9.40 Å². The summed E-state index contributed by atoms with van der Waals surface area (Å²) in [4.78, 5) is 5.48. The molecular formula is C13H18NO2P. The first kappa shape index (κ1) is 14.2. The van der Waals surface area contributed by atoms with Crippen LogP contribution in [0.4, 0.5) is 0 Å². The second-order valence-corrected chi connectivity index (χ2v) is 5.45. The van der Waals surface area contributed by atoms with Crippen LogP contribution in [-0.4, -0.2) is 6.54 Å². The van der Waals surface area contributed by atoms with Crippen molar-refractivity contribution in [3.05, 3.63) is 35.9 Å². The van der Waals surface area contributed by atoms with Crippen molar-refractivity contribution in [3.8, 4) is 5.63 Å². The minimum absolute atomic E-state index is 0.135. The molecule has 0 amide bonds. The van der Waals surface area contributed by atoms with Gasteiger partial charge < -0.3 is 0 Å². The Morgan fingerprint density at radius 1 is 1.35 bits per heavy atom. The predicted molar refractivity (Wildman–Crippen MR) is 69.2 cm³/mol. The van der Waals surface area contributed by atoms with Crippen LogP contribution in [0.2, 0.25) is 0 Å². The molecule has 0 saturated heterocycles. The van der Waals surface area contributed by atoms with Crippen LogP contribution in [0.25, 0.3) is 0 Å². The fourth-order valence-corrected chi connectivity index (χ4v) is 1.48. The van der Waals surface area contributed by atoms with Crippen LogP contribution < -0.4 is 5.48 Å². The average molecular weight is 251 g/mol. The van der Waals surface area contributed by atoms with E-state index < -0.39 is 6.10 Å². The molecule has 1 aromatic carbocycles. The number of hydroxylamine groups is 1. The molecule has 3 nitrogen and oxygen atoms in total. The molecule has 0 aliphatic carbocycles. The maximum atomic E-state index is 10.6. The molecule has 0 aliphatic rings. The monoisotopic (exact) mass is 251 g/mol. The van der Waals surface area contributed by atoms with Crippen molar-refractivity contribution in [2.45, 2.75) is 26.9 Å². The van der Waals surface area contributed by atoms with Crippen LogP contribution in [0.15, 0.2) is 30.3 Å². The van der Waals surface area contributed by atoms with E-state index in [0.717, 1.165) is 5.56 Å². The van der Waals surface area contributed by atoms with Gasteiger partial charge in [0, 0.05) is 0 Å². The molecule has 0 saturated carbocycles. The van der Waals surface area contributed by atoms with E-state index in [1.807, 2.05) is 30.3 Å². The first-order valence-corrected chi connectivity index (χ1v) is 6.35. The van der Waals surface area contributed by atoms with E-state index in [2.05, 4.69) is 31.9 Å². The molecule has 1 N–H and O–H groups in total. The zero-order valence-corrected chi connectivity index (χ0v) is 11.3. The predicted octanol–water partition coefficient (Wildman–Crippen LogP) is 3.55. The summed E-state index contributed by atoms with van der Waals surface area (Å²) < 4.78 is 10.6. The maximum absolute atomic E-state index is 10.6. The van der Waals surface area contributed by atoms with E-state index in [-0.39, 0.29) is 13.3 Å².